The van der Waals surface area contributed by atoms with Crippen molar-refractivity contribution in [2.75, 3.05) is 46.0 Å². The number of thiophene rings is 1. The Balaban J connectivity index is 0.000000411. The van der Waals surface area contributed by atoms with Crippen molar-refractivity contribution in [1.82, 2.24) is 29.9 Å². The van der Waals surface area contributed by atoms with E-state index in [4.69, 9.17) is 41.4 Å². The zero-order valence-corrected chi connectivity index (χ0v) is 48.3. The van der Waals surface area contributed by atoms with E-state index in [9.17, 15) is 0 Å². The molecule has 0 aliphatic rings. The van der Waals surface area contributed by atoms with Gasteiger partial charge in [0.05, 0.1) is 56.3 Å². The van der Waals surface area contributed by atoms with Gasteiger partial charge < -0.3 is 41.4 Å². The highest BCUT2D eigenvalue weighted by Gasteiger charge is 1.95. The molecular weight excluding hydrogens is 1050 g/mol. The Morgan fingerprint density at radius 2 is 1.16 bits per heavy atom. The van der Waals surface area contributed by atoms with E-state index < -0.39 is 0 Å². The highest BCUT2D eigenvalue weighted by molar-refractivity contribution is 8.01. The summed E-state index contributed by atoms with van der Waals surface area (Å²) in [5.74, 6) is 3.84. The number of furan rings is 1. The van der Waals surface area contributed by atoms with Crippen LogP contribution in [0.2, 0.25) is 0 Å². The molecule has 0 saturated carbocycles. The average Bonchev–Trinajstić information content (AvgIpc) is 4.25. The van der Waals surface area contributed by atoms with Gasteiger partial charge in [-0.05, 0) is 73.8 Å². The van der Waals surface area contributed by atoms with E-state index in [1.807, 2.05) is 96.3 Å². The summed E-state index contributed by atoms with van der Waals surface area (Å²) in [6.07, 6.45) is 21.3. The van der Waals surface area contributed by atoms with Gasteiger partial charge in [0.2, 0.25) is 0 Å². The number of hydrogen-bond acceptors (Lipinski definition) is 21. The monoisotopic (exact) mass is 1120 g/mol. The zero-order valence-electron chi connectivity index (χ0n) is 43.4. The van der Waals surface area contributed by atoms with Gasteiger partial charge in [-0.15, -0.1) is 34.0 Å². The second kappa shape index (κ2) is 49.1. The van der Waals surface area contributed by atoms with Crippen LogP contribution in [0, 0.1) is 0 Å². The maximum atomic E-state index is 5.05. The number of ether oxygens (including phenoxy) is 5. The number of methoxy groups -OCH3 is 3. The third-order valence-corrected chi connectivity index (χ3v) is 12.4. The predicted molar refractivity (Wildman–Crippen MR) is 301 cm³/mol. The van der Waals surface area contributed by atoms with Crippen LogP contribution in [0.15, 0.2) is 166 Å². The summed E-state index contributed by atoms with van der Waals surface area (Å²) in [7, 11) is 5.05. The Kier molecular flexibility index (Phi) is 44.4. The van der Waals surface area contributed by atoms with Crippen molar-refractivity contribution >= 4 is 68.9 Å². The SMILES string of the molecule is CCCc1ncco1.CCCc1nccs1.CCOc1ncco1.CCOc1nccs1.CCSc1ncco1.CCSc1nccs1.COCc1ccccc1.COCc1ccco1.COCc1cccs1. The van der Waals surface area contributed by atoms with E-state index in [2.05, 4.69) is 63.7 Å². The van der Waals surface area contributed by atoms with Crippen molar-refractivity contribution in [3.63, 3.8) is 0 Å². The van der Waals surface area contributed by atoms with Crippen LogP contribution in [0.5, 0.6) is 11.3 Å². The van der Waals surface area contributed by atoms with Crippen molar-refractivity contribution in [1.29, 1.82) is 0 Å². The first-order valence-corrected chi connectivity index (χ1v) is 28.8. The van der Waals surface area contributed by atoms with Gasteiger partial charge in [-0.1, -0.05) is 99.0 Å². The highest BCUT2D eigenvalue weighted by Crippen LogP contribution is 2.19. The Labute approximate surface area is 456 Å². The largest absolute Gasteiger partial charge is 0.470 e. The Bertz CT molecular complexity index is 1870. The Morgan fingerprint density at radius 3 is 1.67 bits per heavy atom. The molecular formula is C52H72N6O9S6. The fraction of sp³-hybridized carbons (Fsp3) is 0.385. The molecule has 0 N–H and O–H groups in total. The number of aryl methyl sites for hydroxylation is 2. The summed E-state index contributed by atoms with van der Waals surface area (Å²) < 4.78 is 45.3. The fourth-order valence-corrected chi connectivity index (χ4v) is 8.60. The summed E-state index contributed by atoms with van der Waals surface area (Å²) in [4.78, 5) is 25.0. The molecule has 1 aromatic carbocycles. The first-order chi connectivity index (χ1) is 35.9. The minimum absolute atomic E-state index is 0.340. The van der Waals surface area contributed by atoms with Crippen molar-refractivity contribution < 1.29 is 41.4 Å². The van der Waals surface area contributed by atoms with Gasteiger partial charge in [-0.25, -0.2) is 24.9 Å². The summed E-state index contributed by atoms with van der Waals surface area (Å²) in [6, 6.07) is 17.9. The van der Waals surface area contributed by atoms with E-state index in [1.165, 1.54) is 43.8 Å². The van der Waals surface area contributed by atoms with Gasteiger partial charge in [-0.3, -0.25) is 0 Å². The lowest BCUT2D eigenvalue weighted by atomic mass is 10.2. The third kappa shape index (κ3) is 38.2. The van der Waals surface area contributed by atoms with Crippen LogP contribution in [-0.2, 0) is 46.9 Å². The molecule has 21 heteroatoms. The summed E-state index contributed by atoms with van der Waals surface area (Å²) in [5, 5.41) is 10.7. The van der Waals surface area contributed by atoms with Crippen LogP contribution in [0.4, 0.5) is 0 Å². The van der Waals surface area contributed by atoms with Gasteiger partial charge in [-0.2, -0.15) is 4.98 Å². The topological polar surface area (TPSA) is 176 Å². The van der Waals surface area contributed by atoms with E-state index in [0.29, 0.717) is 32.5 Å². The van der Waals surface area contributed by atoms with Crippen molar-refractivity contribution in [2.24, 2.45) is 0 Å². The molecule has 9 aromatic rings. The maximum Gasteiger partial charge on any atom is 0.393 e. The Morgan fingerprint density at radius 1 is 0.493 bits per heavy atom. The first-order valence-electron chi connectivity index (χ1n) is 23.3. The van der Waals surface area contributed by atoms with Gasteiger partial charge in [0.1, 0.15) is 35.5 Å². The van der Waals surface area contributed by atoms with Crippen molar-refractivity contribution in [3.8, 4) is 11.3 Å². The number of aromatic nitrogens is 6. The van der Waals surface area contributed by atoms with E-state index in [1.54, 1.807) is 122 Å². The minimum Gasteiger partial charge on any atom is -0.470 e. The average molecular weight is 1120 g/mol. The smallest absolute Gasteiger partial charge is 0.393 e. The van der Waals surface area contributed by atoms with Gasteiger partial charge in [0.15, 0.2) is 5.89 Å². The molecule has 8 heterocycles. The molecule has 0 amide bonds. The second-order valence-corrected chi connectivity index (χ2v) is 19.7. The van der Waals surface area contributed by atoms with Crippen LogP contribution in [0.1, 0.15) is 81.5 Å². The lowest BCUT2D eigenvalue weighted by Crippen LogP contribution is -1.89. The number of hydrogen-bond donors (Lipinski definition) is 0. The molecule has 0 fully saturated rings. The molecule has 9 rings (SSSR count). The quantitative estimate of drug-likeness (QED) is 0.0741. The normalized spacial score (nSPS) is 9.49. The zero-order chi connectivity index (χ0) is 53.1. The second-order valence-electron chi connectivity index (χ2n) is 13.2. The number of rotatable bonds is 18. The fourth-order valence-electron chi connectivity index (χ4n) is 4.62. The molecule has 0 aliphatic carbocycles. The molecule has 400 valence electrons. The molecule has 0 saturated heterocycles. The van der Waals surface area contributed by atoms with Gasteiger partial charge >= 0.3 is 6.08 Å². The third-order valence-electron chi connectivity index (χ3n) is 7.49. The highest BCUT2D eigenvalue weighted by atomic mass is 32.2. The molecule has 0 unspecified atom stereocenters. The molecule has 0 radical (unpaired) electrons. The molecule has 0 bridgehead atoms. The van der Waals surface area contributed by atoms with E-state index >= 15 is 0 Å². The minimum atomic E-state index is 0.340. The number of oxazole rings is 3. The van der Waals surface area contributed by atoms with Gasteiger partial charge in [0.25, 0.3) is 10.4 Å². The van der Waals surface area contributed by atoms with Crippen LogP contribution < -0.4 is 9.47 Å². The molecule has 0 spiro atoms. The van der Waals surface area contributed by atoms with Crippen LogP contribution in [-0.4, -0.2) is 76.0 Å². The molecule has 73 heavy (non-hydrogen) atoms. The van der Waals surface area contributed by atoms with Crippen LogP contribution in [0.3, 0.4) is 0 Å². The van der Waals surface area contributed by atoms with Crippen LogP contribution >= 0.6 is 68.9 Å². The number of thiazole rings is 3. The lowest BCUT2D eigenvalue weighted by Gasteiger charge is -1.95. The molecule has 0 aliphatic heterocycles. The van der Waals surface area contributed by atoms with Crippen molar-refractivity contribution in [2.45, 2.75) is 96.6 Å². The first kappa shape index (κ1) is 65.9. The van der Waals surface area contributed by atoms with Gasteiger partial charge in [0, 0.05) is 67.4 Å². The molecule has 8 aromatic heterocycles. The number of nitrogens with zero attached hydrogens (tertiary/aromatic N) is 6. The van der Waals surface area contributed by atoms with E-state index in [0.717, 1.165) is 59.4 Å². The lowest BCUT2D eigenvalue weighted by molar-refractivity contribution is 0.164. The Hall–Kier alpha value is -5.10. The number of thioether (sulfide) groups is 2. The summed E-state index contributed by atoms with van der Waals surface area (Å²) >= 11 is 10.1. The maximum absolute atomic E-state index is 5.05. The molecule has 0 atom stereocenters. The molecule has 15 nitrogen and oxygen atoms in total. The summed E-state index contributed by atoms with van der Waals surface area (Å²) in [6.45, 7) is 15.6. The van der Waals surface area contributed by atoms with Crippen molar-refractivity contribution in [3.05, 3.63) is 165 Å². The predicted octanol–water partition coefficient (Wildman–Crippen LogP) is 15.5. The van der Waals surface area contributed by atoms with Crippen LogP contribution in [0.25, 0.3) is 0 Å². The number of benzene rings is 1. The summed E-state index contributed by atoms with van der Waals surface area (Å²) in [5.41, 5.74) is 1.22. The van der Waals surface area contributed by atoms with E-state index in [-0.39, 0.29) is 0 Å². The standard InChI is InChI=1S/C8H10O.C6H9NO.C6H9NS.C6H8O2.C6H8OS.C5H7NO2.2C5H7NOS.C5H7NS2/c1-9-7-8-5-3-2-4-6-8;2*1-2-3-6-7-4-5-8-6;2*1-7-5-6-3-2-4-8-6;1-2-7-5-6-3-4-8-5;1-2-8-5-6-3-4-7-5;2*1-2-7-5-6-3-4-8-5/h2-6H,7H2,1H3;2*4-5H,2-3H2,1H3;2*2-4H,5H2,1H3;4*3-4H,2H2,1H3.